The quantitative estimate of drug-likeness (QED) is 0.151. The van der Waals surface area contributed by atoms with Crippen LogP contribution in [0.25, 0.3) is 0 Å². The Morgan fingerprint density at radius 2 is 0.224 bits per heavy atom. The van der Waals surface area contributed by atoms with Gasteiger partial charge in [0, 0.05) is 27.3 Å². The summed E-state index contributed by atoms with van der Waals surface area (Å²) in [6.45, 7) is 0. The molecule has 0 aromatic heterocycles. The van der Waals surface area contributed by atoms with Gasteiger partial charge in [0.2, 0.25) is 0 Å². The standard InChI is InChI=1S/9C6H5.4Pb/c9*1-2-4-6-5-3-1;;;;/h9*1-5H;;;;. The second kappa shape index (κ2) is 24.7. The van der Waals surface area contributed by atoms with Crippen LogP contribution in [0, 0.1) is 0 Å². The molecule has 0 heterocycles. The van der Waals surface area contributed by atoms with Crippen molar-refractivity contribution >= 4 is 124 Å². The molecular weight excluding hydrogens is 1480 g/mol. The first-order chi connectivity index (χ1) is 28.3. The molecule has 0 atom stereocenters. The van der Waals surface area contributed by atoms with E-state index in [1.54, 1.807) is 28.1 Å². The van der Waals surface area contributed by atoms with Gasteiger partial charge in [-0.05, 0) is 0 Å². The summed E-state index contributed by atoms with van der Waals surface area (Å²) in [4.78, 5) is 0. The normalized spacial score (nSPS) is 10.4. The minimum atomic E-state index is -2.17. The van der Waals surface area contributed by atoms with Gasteiger partial charge in [-0.15, -0.1) is 0 Å². The number of rotatable bonds is 9. The second-order valence-corrected chi connectivity index (χ2v) is 42.4. The fourth-order valence-electron chi connectivity index (χ4n) is 6.94. The van der Waals surface area contributed by atoms with Crippen LogP contribution in [0.4, 0.5) is 0 Å². The van der Waals surface area contributed by atoms with Crippen molar-refractivity contribution in [1.29, 1.82) is 0 Å². The molecule has 0 amide bonds. The summed E-state index contributed by atoms with van der Waals surface area (Å²) >= 11 is -6.51. The Bertz CT molecular complexity index is 1860. The van der Waals surface area contributed by atoms with Crippen LogP contribution in [0.3, 0.4) is 0 Å². The number of hydrogen-bond donors (Lipinski definition) is 0. The molecule has 9 aromatic rings. The third-order valence-corrected chi connectivity index (χ3v) is 41.4. The first kappa shape index (κ1) is 44.2. The Balaban J connectivity index is 0.000000145. The van der Waals surface area contributed by atoms with E-state index in [2.05, 4.69) is 273 Å². The summed E-state index contributed by atoms with van der Waals surface area (Å²) in [5, 5.41) is 0. The van der Waals surface area contributed by atoms with E-state index >= 15 is 0 Å². The van der Waals surface area contributed by atoms with Crippen LogP contribution in [0.2, 0.25) is 0 Å². The summed E-state index contributed by atoms with van der Waals surface area (Å²) in [5.41, 5.74) is 0. The SMILES string of the molecule is [Pb].c1cc[c]([Pb]([c]2ccccc2)[c]2ccccc2)cc1.c1cc[c]([Pb]([c]2ccccc2)[c]2ccccc2)cc1.c1cc[c]([Pb]([c]2ccccc2)[c]2ccccc2)cc1. The van der Waals surface area contributed by atoms with Gasteiger partial charge in [0.1, 0.15) is 0 Å². The van der Waals surface area contributed by atoms with Crippen LogP contribution in [0.5, 0.6) is 0 Å². The Hall–Kier alpha value is -3.33. The fraction of sp³-hybridized carbons (Fsp3) is 0. The zero-order valence-corrected chi connectivity index (χ0v) is 48.0. The molecule has 7 radical (unpaired) electrons. The van der Waals surface area contributed by atoms with Crippen molar-refractivity contribution in [3.8, 4) is 0 Å². The third kappa shape index (κ3) is 12.8. The van der Waals surface area contributed by atoms with Gasteiger partial charge in [-0.2, -0.15) is 0 Å². The van der Waals surface area contributed by atoms with Crippen molar-refractivity contribution in [3.63, 3.8) is 0 Å². The summed E-state index contributed by atoms with van der Waals surface area (Å²) < 4.78 is 13.9. The summed E-state index contributed by atoms with van der Waals surface area (Å²) in [6.07, 6.45) is 0. The third-order valence-electron chi connectivity index (χ3n) is 9.56. The molecule has 0 aliphatic rings. The van der Waals surface area contributed by atoms with Crippen molar-refractivity contribution in [2.24, 2.45) is 0 Å². The van der Waals surface area contributed by atoms with E-state index in [0.717, 1.165) is 0 Å². The molecule has 4 heteroatoms. The first-order valence-electron chi connectivity index (χ1n) is 19.4. The molecule has 9 rings (SSSR count). The molecule has 0 unspecified atom stereocenters. The van der Waals surface area contributed by atoms with Gasteiger partial charge < -0.3 is 0 Å². The van der Waals surface area contributed by atoms with Crippen molar-refractivity contribution in [2.45, 2.75) is 0 Å². The molecule has 0 fully saturated rings. The van der Waals surface area contributed by atoms with Crippen LogP contribution in [0.15, 0.2) is 273 Å². The molecule has 58 heavy (non-hydrogen) atoms. The molecule has 0 aliphatic heterocycles. The van der Waals surface area contributed by atoms with E-state index < -0.39 is 68.1 Å². The molecule has 0 bridgehead atoms. The Kier molecular flexibility index (Phi) is 18.8. The van der Waals surface area contributed by atoms with Gasteiger partial charge in [0.15, 0.2) is 0 Å². The predicted molar refractivity (Wildman–Crippen MR) is 258 cm³/mol. The van der Waals surface area contributed by atoms with Gasteiger partial charge in [0.25, 0.3) is 0 Å². The summed E-state index contributed by atoms with van der Waals surface area (Å²) in [6, 6.07) is 99.0. The van der Waals surface area contributed by atoms with E-state index in [1.807, 2.05) is 0 Å². The van der Waals surface area contributed by atoms with Gasteiger partial charge in [0.05, 0.1) is 0 Å². The average Bonchev–Trinajstić information content (AvgIpc) is 3.30. The molecule has 0 aliphatic carbocycles. The molecule has 0 saturated carbocycles. The van der Waals surface area contributed by atoms with Crippen LogP contribution >= 0.6 is 0 Å². The van der Waals surface area contributed by atoms with Crippen molar-refractivity contribution in [1.82, 2.24) is 0 Å². The maximum atomic E-state index is 2.29. The monoisotopic (exact) mass is 1530 g/mol. The fourth-order valence-corrected chi connectivity index (χ4v) is 37.0. The Morgan fingerprint density at radius 1 is 0.138 bits per heavy atom. The predicted octanol–water partition coefficient (Wildman–Crippen LogP) is 6.23. The molecule has 0 spiro atoms. The minimum absolute atomic E-state index is 0. The van der Waals surface area contributed by atoms with Crippen LogP contribution in [0.1, 0.15) is 0 Å². The van der Waals surface area contributed by atoms with E-state index in [4.69, 9.17) is 0 Å². The van der Waals surface area contributed by atoms with Crippen molar-refractivity contribution in [2.75, 3.05) is 0 Å². The zero-order chi connectivity index (χ0) is 38.7. The second-order valence-electron chi connectivity index (χ2n) is 13.4. The molecule has 9 aromatic carbocycles. The first-order valence-corrected chi connectivity index (χ1v) is 36.9. The maximum absolute atomic E-state index is 2.29. The molecule has 0 nitrogen and oxygen atoms in total. The number of benzene rings is 9. The van der Waals surface area contributed by atoms with Crippen molar-refractivity contribution in [3.05, 3.63) is 273 Å². The van der Waals surface area contributed by atoms with Crippen LogP contribution < -0.4 is 28.1 Å². The van der Waals surface area contributed by atoms with E-state index in [1.165, 1.54) is 0 Å². The van der Waals surface area contributed by atoms with E-state index in [0.29, 0.717) is 0 Å². The van der Waals surface area contributed by atoms with Crippen LogP contribution in [-0.2, 0) is 0 Å². The molecule has 0 N–H and O–H groups in total. The van der Waals surface area contributed by atoms with Crippen molar-refractivity contribution < 1.29 is 0 Å². The molecular formula is C54H45Pb4. The van der Waals surface area contributed by atoms with Gasteiger partial charge in [-0.25, -0.2) is 0 Å². The topological polar surface area (TPSA) is 0 Å². The molecule has 0 saturated heterocycles. The van der Waals surface area contributed by atoms with Gasteiger partial charge in [-0.3, -0.25) is 0 Å². The number of hydrogen-bond acceptors (Lipinski definition) is 0. The summed E-state index contributed by atoms with van der Waals surface area (Å²) in [5.74, 6) is 0. The van der Waals surface area contributed by atoms with E-state index in [-0.39, 0.29) is 27.3 Å². The van der Waals surface area contributed by atoms with Gasteiger partial charge >= 0.3 is 369 Å². The molecule has 277 valence electrons. The average molecular weight is 1520 g/mol. The van der Waals surface area contributed by atoms with E-state index in [9.17, 15) is 0 Å². The summed E-state index contributed by atoms with van der Waals surface area (Å²) in [7, 11) is 0. The van der Waals surface area contributed by atoms with Crippen LogP contribution in [-0.4, -0.2) is 95.4 Å². The Morgan fingerprint density at radius 3 is 0.310 bits per heavy atom. The zero-order valence-electron chi connectivity index (χ0n) is 32.5. The van der Waals surface area contributed by atoms with Gasteiger partial charge in [-0.1, -0.05) is 0 Å². The Labute approximate surface area is 391 Å².